The van der Waals surface area contributed by atoms with Gasteiger partial charge in [0, 0.05) is 24.8 Å². The Kier molecular flexibility index (Phi) is 5.50. The summed E-state index contributed by atoms with van der Waals surface area (Å²) in [5, 5.41) is 4.60. The Morgan fingerprint density at radius 1 is 1.24 bits per heavy atom. The molecule has 2 rings (SSSR count). The molecule has 0 radical (unpaired) electrons. The molecule has 0 amide bonds. The van der Waals surface area contributed by atoms with Crippen LogP contribution >= 0.6 is 27.5 Å². The third kappa shape index (κ3) is 3.19. The molecule has 1 atom stereocenters. The highest BCUT2D eigenvalue weighted by atomic mass is 79.9. The Morgan fingerprint density at radius 2 is 1.90 bits per heavy atom. The number of halogens is 2. The quantitative estimate of drug-likeness (QED) is 0.664. The van der Waals surface area contributed by atoms with E-state index in [1.54, 1.807) is 0 Å². The van der Waals surface area contributed by atoms with Crippen LogP contribution in [-0.2, 0) is 25.3 Å². The van der Waals surface area contributed by atoms with E-state index in [0.29, 0.717) is 5.88 Å². The third-order valence-electron chi connectivity index (χ3n) is 4.33. The topological polar surface area (TPSA) is 17.8 Å². The van der Waals surface area contributed by atoms with Gasteiger partial charge in [0.1, 0.15) is 0 Å². The Balaban J connectivity index is 2.44. The van der Waals surface area contributed by atoms with Gasteiger partial charge in [-0.15, -0.1) is 11.6 Å². The lowest BCUT2D eigenvalue weighted by Crippen LogP contribution is -2.31. The van der Waals surface area contributed by atoms with Gasteiger partial charge < -0.3 is 0 Å². The van der Waals surface area contributed by atoms with Gasteiger partial charge in [0.25, 0.3) is 0 Å². The monoisotopic (exact) mass is 368 g/mol. The Labute approximate surface area is 140 Å². The summed E-state index contributed by atoms with van der Waals surface area (Å²) < 4.78 is 3.12. The van der Waals surface area contributed by atoms with Crippen molar-refractivity contribution >= 4 is 27.5 Å². The van der Waals surface area contributed by atoms with E-state index in [0.717, 1.165) is 29.4 Å². The molecular formula is C17H22BrClN2. The molecule has 0 aliphatic heterocycles. The van der Waals surface area contributed by atoms with Crippen molar-refractivity contribution in [2.75, 3.05) is 5.88 Å². The van der Waals surface area contributed by atoms with Crippen molar-refractivity contribution in [3.63, 3.8) is 0 Å². The van der Waals surface area contributed by atoms with Crippen molar-refractivity contribution < 1.29 is 0 Å². The smallest absolute Gasteiger partial charge is 0.0766 e. The summed E-state index contributed by atoms with van der Waals surface area (Å²) in [6, 6.07) is 10.6. The van der Waals surface area contributed by atoms with Gasteiger partial charge in [0.15, 0.2) is 0 Å². The zero-order valence-electron chi connectivity index (χ0n) is 12.9. The van der Waals surface area contributed by atoms with Crippen molar-refractivity contribution in [1.82, 2.24) is 9.78 Å². The summed E-state index contributed by atoms with van der Waals surface area (Å²) >= 11 is 10.1. The number of aryl methyl sites for hydroxylation is 2. The first kappa shape index (κ1) is 16.6. The van der Waals surface area contributed by atoms with Crippen LogP contribution in [0.25, 0.3) is 0 Å². The van der Waals surface area contributed by atoms with E-state index >= 15 is 0 Å². The van der Waals surface area contributed by atoms with Crippen molar-refractivity contribution in [1.29, 1.82) is 0 Å². The van der Waals surface area contributed by atoms with Crippen LogP contribution < -0.4 is 0 Å². The van der Waals surface area contributed by atoms with Gasteiger partial charge in [0.05, 0.1) is 15.9 Å². The molecule has 1 aromatic heterocycles. The second-order valence-electron chi connectivity index (χ2n) is 5.49. The standard InChI is InChI=1S/C17H22BrClN2/c1-4-14-16(18)15(21(3)20-14)11-17(5-2,12-19)13-9-7-6-8-10-13/h6-10H,4-5,11-12H2,1-3H3. The third-order valence-corrected chi connectivity index (χ3v) is 5.75. The van der Waals surface area contributed by atoms with E-state index in [2.05, 4.69) is 59.1 Å². The fraction of sp³-hybridized carbons (Fsp3) is 0.471. The van der Waals surface area contributed by atoms with Gasteiger partial charge in [-0.25, -0.2) is 0 Å². The van der Waals surface area contributed by atoms with E-state index in [9.17, 15) is 0 Å². The van der Waals surface area contributed by atoms with Crippen LogP contribution in [0.15, 0.2) is 34.8 Å². The lowest BCUT2D eigenvalue weighted by Gasteiger charge is -2.31. The summed E-state index contributed by atoms with van der Waals surface area (Å²) in [6.45, 7) is 4.34. The molecule has 0 fully saturated rings. The summed E-state index contributed by atoms with van der Waals surface area (Å²) in [6.07, 6.45) is 2.82. The van der Waals surface area contributed by atoms with Crippen LogP contribution in [-0.4, -0.2) is 15.7 Å². The van der Waals surface area contributed by atoms with Gasteiger partial charge in [0.2, 0.25) is 0 Å². The molecule has 1 heterocycles. The summed E-state index contributed by atoms with van der Waals surface area (Å²) in [5.41, 5.74) is 3.58. The Hall–Kier alpha value is -0.800. The Morgan fingerprint density at radius 3 is 2.38 bits per heavy atom. The van der Waals surface area contributed by atoms with Crippen LogP contribution in [0, 0.1) is 0 Å². The molecular weight excluding hydrogens is 348 g/mol. The maximum atomic E-state index is 6.41. The molecule has 2 nitrogen and oxygen atoms in total. The SMILES string of the molecule is CCc1nn(C)c(CC(CC)(CCl)c2ccccc2)c1Br. The van der Waals surface area contributed by atoms with E-state index < -0.39 is 0 Å². The first-order valence-corrected chi connectivity index (χ1v) is 8.72. The van der Waals surface area contributed by atoms with Crippen LogP contribution in [0.1, 0.15) is 37.2 Å². The molecule has 114 valence electrons. The first-order valence-electron chi connectivity index (χ1n) is 7.39. The highest BCUT2D eigenvalue weighted by molar-refractivity contribution is 9.10. The molecule has 0 N–H and O–H groups in total. The number of hydrogen-bond donors (Lipinski definition) is 0. The van der Waals surface area contributed by atoms with Gasteiger partial charge in [-0.1, -0.05) is 44.2 Å². The lowest BCUT2D eigenvalue weighted by atomic mass is 9.76. The molecule has 1 aromatic carbocycles. The summed E-state index contributed by atoms with van der Waals surface area (Å²) in [5.74, 6) is 0.604. The van der Waals surface area contributed by atoms with Crippen molar-refractivity contribution in [3.8, 4) is 0 Å². The molecule has 1 unspecified atom stereocenters. The highest BCUT2D eigenvalue weighted by Crippen LogP contribution is 2.36. The molecule has 21 heavy (non-hydrogen) atoms. The number of hydrogen-bond acceptors (Lipinski definition) is 1. The lowest BCUT2D eigenvalue weighted by molar-refractivity contribution is 0.442. The predicted octanol–water partition coefficient (Wildman–Crippen LogP) is 4.87. The maximum absolute atomic E-state index is 6.41. The van der Waals surface area contributed by atoms with Gasteiger partial charge in [-0.05, 0) is 34.3 Å². The largest absolute Gasteiger partial charge is 0.271 e. The zero-order valence-corrected chi connectivity index (χ0v) is 15.2. The fourth-order valence-electron chi connectivity index (χ4n) is 2.77. The van der Waals surface area contributed by atoms with Crippen molar-refractivity contribution in [2.45, 2.75) is 38.5 Å². The fourth-order valence-corrected chi connectivity index (χ4v) is 3.97. The number of alkyl halides is 1. The minimum atomic E-state index is -0.0514. The number of aromatic nitrogens is 2. The van der Waals surface area contributed by atoms with Crippen LogP contribution in [0.3, 0.4) is 0 Å². The normalized spacial score (nSPS) is 14.1. The maximum Gasteiger partial charge on any atom is 0.0766 e. The number of rotatable bonds is 6. The van der Waals surface area contributed by atoms with E-state index in [1.165, 1.54) is 11.3 Å². The van der Waals surface area contributed by atoms with Crippen LogP contribution in [0.5, 0.6) is 0 Å². The number of benzene rings is 1. The molecule has 0 aliphatic carbocycles. The molecule has 0 spiro atoms. The van der Waals surface area contributed by atoms with Crippen molar-refractivity contribution in [2.24, 2.45) is 7.05 Å². The predicted molar refractivity (Wildman–Crippen MR) is 93.1 cm³/mol. The number of nitrogens with zero attached hydrogens (tertiary/aromatic N) is 2. The molecule has 0 bridgehead atoms. The van der Waals surface area contributed by atoms with Crippen molar-refractivity contribution in [3.05, 3.63) is 51.8 Å². The zero-order chi connectivity index (χ0) is 15.5. The Bertz CT molecular complexity index is 588. The molecule has 4 heteroatoms. The van der Waals surface area contributed by atoms with Gasteiger partial charge in [-0.3, -0.25) is 4.68 Å². The van der Waals surface area contributed by atoms with E-state index in [1.807, 2.05) is 17.8 Å². The average molecular weight is 370 g/mol. The first-order chi connectivity index (χ1) is 10.1. The summed E-state index contributed by atoms with van der Waals surface area (Å²) in [4.78, 5) is 0. The molecule has 2 aromatic rings. The van der Waals surface area contributed by atoms with Gasteiger partial charge >= 0.3 is 0 Å². The van der Waals surface area contributed by atoms with Crippen LogP contribution in [0.4, 0.5) is 0 Å². The molecule has 0 saturated heterocycles. The van der Waals surface area contributed by atoms with Crippen LogP contribution in [0.2, 0.25) is 0 Å². The minimum absolute atomic E-state index is 0.0514. The second kappa shape index (κ2) is 6.97. The summed E-state index contributed by atoms with van der Waals surface area (Å²) in [7, 11) is 2.01. The molecule has 0 aliphatic rings. The average Bonchev–Trinajstić information content (AvgIpc) is 2.80. The highest BCUT2D eigenvalue weighted by Gasteiger charge is 2.32. The van der Waals surface area contributed by atoms with E-state index in [-0.39, 0.29) is 5.41 Å². The second-order valence-corrected chi connectivity index (χ2v) is 6.56. The van der Waals surface area contributed by atoms with E-state index in [4.69, 9.17) is 11.6 Å². The molecule has 0 saturated carbocycles. The van der Waals surface area contributed by atoms with Gasteiger partial charge in [-0.2, -0.15) is 5.10 Å². The minimum Gasteiger partial charge on any atom is -0.271 e.